The normalized spacial score (nSPS) is 10.2. The molecule has 0 fully saturated rings. The molecule has 7 heteroatoms. The molecule has 23 heavy (non-hydrogen) atoms. The topological polar surface area (TPSA) is 92.9 Å². The number of nitro benzene ring substituents is 1. The van der Waals surface area contributed by atoms with E-state index in [4.69, 9.17) is 4.74 Å². The van der Waals surface area contributed by atoms with Crippen molar-refractivity contribution in [2.45, 2.75) is 6.54 Å². The number of benzene rings is 2. The maximum Gasteiger partial charge on any atom is 0.311 e. The van der Waals surface area contributed by atoms with E-state index >= 15 is 0 Å². The van der Waals surface area contributed by atoms with Gasteiger partial charge in [0.15, 0.2) is 5.75 Å². The molecule has 0 heterocycles. The second-order valence-corrected chi connectivity index (χ2v) is 4.93. The molecule has 0 radical (unpaired) electrons. The van der Waals surface area contributed by atoms with Crippen LogP contribution in [-0.4, -0.2) is 35.0 Å². The van der Waals surface area contributed by atoms with E-state index in [2.05, 4.69) is 0 Å². The summed E-state index contributed by atoms with van der Waals surface area (Å²) in [6.07, 6.45) is 0. The number of hydrogen-bond donors (Lipinski definition) is 1. The second-order valence-electron chi connectivity index (χ2n) is 4.93. The van der Waals surface area contributed by atoms with Crippen LogP contribution in [0.1, 0.15) is 15.9 Å². The average Bonchev–Trinajstić information content (AvgIpc) is 2.55. The minimum absolute atomic E-state index is 0.0906. The summed E-state index contributed by atoms with van der Waals surface area (Å²) in [7, 11) is 2.89. The molecule has 0 aliphatic heterocycles. The van der Waals surface area contributed by atoms with Crippen molar-refractivity contribution in [3.8, 4) is 11.5 Å². The highest BCUT2D eigenvalue weighted by molar-refractivity contribution is 5.95. The number of carbonyl (C=O) groups excluding carboxylic acids is 1. The molecule has 0 unspecified atom stereocenters. The van der Waals surface area contributed by atoms with Crippen LogP contribution in [0.4, 0.5) is 5.69 Å². The van der Waals surface area contributed by atoms with E-state index < -0.39 is 4.92 Å². The highest BCUT2D eigenvalue weighted by atomic mass is 16.6. The molecule has 2 aromatic rings. The van der Waals surface area contributed by atoms with Gasteiger partial charge >= 0.3 is 5.69 Å². The Bertz CT molecular complexity index is 745. The van der Waals surface area contributed by atoms with Crippen LogP contribution < -0.4 is 4.74 Å². The first kappa shape index (κ1) is 16.3. The molecule has 0 saturated carbocycles. The number of carbonyl (C=O) groups is 1. The van der Waals surface area contributed by atoms with Crippen LogP contribution in [0.15, 0.2) is 42.5 Å². The predicted octanol–water partition coefficient (Wildman–Crippen LogP) is 2.58. The lowest BCUT2D eigenvalue weighted by atomic mass is 10.1. The first-order valence-corrected chi connectivity index (χ1v) is 6.78. The molecule has 0 aliphatic rings. The fourth-order valence-electron chi connectivity index (χ4n) is 2.16. The first-order chi connectivity index (χ1) is 10.9. The molecule has 2 aromatic carbocycles. The second kappa shape index (κ2) is 6.78. The van der Waals surface area contributed by atoms with Crippen LogP contribution in [0.5, 0.6) is 11.5 Å². The van der Waals surface area contributed by atoms with Crippen molar-refractivity contribution < 1.29 is 19.6 Å². The van der Waals surface area contributed by atoms with E-state index in [1.54, 1.807) is 25.2 Å². The number of phenols is 1. The van der Waals surface area contributed by atoms with Gasteiger partial charge in [0.1, 0.15) is 5.75 Å². The van der Waals surface area contributed by atoms with Crippen molar-refractivity contribution in [1.82, 2.24) is 4.90 Å². The molecule has 120 valence electrons. The van der Waals surface area contributed by atoms with Gasteiger partial charge in [0.25, 0.3) is 5.91 Å². The molecule has 0 bridgehead atoms. The number of hydrogen-bond acceptors (Lipinski definition) is 5. The maximum absolute atomic E-state index is 12.4. The van der Waals surface area contributed by atoms with Gasteiger partial charge in [0, 0.05) is 30.8 Å². The summed E-state index contributed by atoms with van der Waals surface area (Å²) in [5.41, 5.74) is 0.496. The summed E-state index contributed by atoms with van der Waals surface area (Å²) < 4.78 is 4.91. The molecule has 0 spiro atoms. The standard InChI is InChI=1S/C16H16N2O5/c1-17(10-12-5-3-4-6-14(12)19)16(20)11-7-8-15(23-2)13(9-11)18(21)22/h3-9,19H,10H2,1-2H3. The number of methoxy groups -OCH3 is 1. The van der Waals surface area contributed by atoms with Gasteiger partial charge in [0.2, 0.25) is 0 Å². The van der Waals surface area contributed by atoms with Gasteiger partial charge in [-0.25, -0.2) is 0 Å². The third kappa shape index (κ3) is 3.57. The molecule has 0 aliphatic carbocycles. The van der Waals surface area contributed by atoms with Crippen molar-refractivity contribution >= 4 is 11.6 Å². The van der Waals surface area contributed by atoms with Gasteiger partial charge in [-0.3, -0.25) is 14.9 Å². The fraction of sp³-hybridized carbons (Fsp3) is 0.188. The van der Waals surface area contributed by atoms with Crippen molar-refractivity contribution in [3.63, 3.8) is 0 Å². The average molecular weight is 316 g/mol. The largest absolute Gasteiger partial charge is 0.508 e. The lowest BCUT2D eigenvalue weighted by molar-refractivity contribution is -0.385. The number of para-hydroxylation sites is 1. The van der Waals surface area contributed by atoms with E-state index in [1.165, 1.54) is 36.3 Å². The Morgan fingerprint density at radius 1 is 1.30 bits per heavy atom. The Balaban J connectivity index is 2.24. The lowest BCUT2D eigenvalue weighted by Gasteiger charge is -2.18. The fourth-order valence-corrected chi connectivity index (χ4v) is 2.16. The Morgan fingerprint density at radius 2 is 2.00 bits per heavy atom. The molecular weight excluding hydrogens is 300 g/mol. The zero-order valence-corrected chi connectivity index (χ0v) is 12.7. The van der Waals surface area contributed by atoms with Crippen molar-refractivity contribution in [3.05, 3.63) is 63.7 Å². The molecule has 0 saturated heterocycles. The summed E-state index contributed by atoms with van der Waals surface area (Å²) in [6.45, 7) is 0.186. The molecule has 0 aromatic heterocycles. The lowest BCUT2D eigenvalue weighted by Crippen LogP contribution is -2.26. The van der Waals surface area contributed by atoms with E-state index in [0.29, 0.717) is 5.56 Å². The zero-order valence-electron chi connectivity index (χ0n) is 12.7. The van der Waals surface area contributed by atoms with Crippen molar-refractivity contribution in [2.24, 2.45) is 0 Å². The number of phenolic OH excluding ortho intramolecular Hbond substituents is 1. The van der Waals surface area contributed by atoms with Gasteiger partial charge in [0.05, 0.1) is 12.0 Å². The molecule has 0 atom stereocenters. The highest BCUT2D eigenvalue weighted by Crippen LogP contribution is 2.28. The van der Waals surface area contributed by atoms with E-state index in [0.717, 1.165) is 0 Å². The Hall–Kier alpha value is -3.09. The summed E-state index contributed by atoms with van der Waals surface area (Å²) in [4.78, 5) is 24.2. The number of amides is 1. The Kier molecular flexibility index (Phi) is 4.80. The Morgan fingerprint density at radius 3 is 2.61 bits per heavy atom. The number of ether oxygens (including phenoxy) is 1. The van der Waals surface area contributed by atoms with Crippen LogP contribution in [0, 0.1) is 10.1 Å². The van der Waals surface area contributed by atoms with Crippen LogP contribution in [0.2, 0.25) is 0 Å². The predicted molar refractivity (Wildman–Crippen MR) is 83.6 cm³/mol. The van der Waals surface area contributed by atoms with Crippen LogP contribution >= 0.6 is 0 Å². The van der Waals surface area contributed by atoms with Gasteiger partial charge in [-0.1, -0.05) is 18.2 Å². The number of nitrogens with zero attached hydrogens (tertiary/aromatic N) is 2. The molecule has 1 N–H and O–H groups in total. The third-order valence-electron chi connectivity index (χ3n) is 3.37. The molecular formula is C16H16N2O5. The molecule has 7 nitrogen and oxygen atoms in total. The number of aromatic hydroxyl groups is 1. The zero-order chi connectivity index (χ0) is 17.0. The Labute approximate surface area is 132 Å². The highest BCUT2D eigenvalue weighted by Gasteiger charge is 2.20. The van der Waals surface area contributed by atoms with Crippen LogP contribution in [0.3, 0.4) is 0 Å². The van der Waals surface area contributed by atoms with E-state index in [1.807, 2.05) is 0 Å². The minimum atomic E-state index is -0.599. The van der Waals surface area contributed by atoms with Crippen molar-refractivity contribution in [1.29, 1.82) is 0 Å². The summed E-state index contributed by atoms with van der Waals surface area (Å²) >= 11 is 0. The number of nitro groups is 1. The van der Waals surface area contributed by atoms with Crippen LogP contribution in [0.25, 0.3) is 0 Å². The summed E-state index contributed by atoms with van der Waals surface area (Å²) in [5, 5.41) is 20.8. The van der Waals surface area contributed by atoms with Crippen LogP contribution in [-0.2, 0) is 6.54 Å². The molecule has 1 amide bonds. The van der Waals surface area contributed by atoms with Crippen molar-refractivity contribution in [2.75, 3.05) is 14.2 Å². The maximum atomic E-state index is 12.4. The SMILES string of the molecule is COc1ccc(C(=O)N(C)Cc2ccccc2O)cc1[N+](=O)[O-]. The summed E-state index contributed by atoms with van der Waals surface area (Å²) in [6, 6.07) is 10.7. The third-order valence-corrected chi connectivity index (χ3v) is 3.37. The molecule has 2 rings (SSSR count). The van der Waals surface area contributed by atoms with E-state index in [9.17, 15) is 20.0 Å². The van der Waals surface area contributed by atoms with Gasteiger partial charge in [-0.15, -0.1) is 0 Å². The smallest absolute Gasteiger partial charge is 0.311 e. The minimum Gasteiger partial charge on any atom is -0.508 e. The van der Waals surface area contributed by atoms with Gasteiger partial charge in [-0.2, -0.15) is 0 Å². The van der Waals surface area contributed by atoms with Gasteiger partial charge < -0.3 is 14.7 Å². The van der Waals surface area contributed by atoms with Gasteiger partial charge in [-0.05, 0) is 18.2 Å². The first-order valence-electron chi connectivity index (χ1n) is 6.78. The van der Waals surface area contributed by atoms with E-state index in [-0.39, 0.29) is 35.2 Å². The quantitative estimate of drug-likeness (QED) is 0.676. The monoisotopic (exact) mass is 316 g/mol. The number of rotatable bonds is 5. The summed E-state index contributed by atoms with van der Waals surface area (Å²) in [5.74, 6) is -0.207.